The van der Waals surface area contributed by atoms with E-state index in [2.05, 4.69) is 16.6 Å². The van der Waals surface area contributed by atoms with E-state index in [1.165, 1.54) is 6.08 Å². The molecule has 0 saturated carbocycles. The molecule has 4 nitrogen and oxygen atoms in total. The minimum atomic E-state index is -0.839. The molecular weight excluding hydrogens is 118 g/mol. The van der Waals surface area contributed by atoms with Crippen LogP contribution >= 0.6 is 0 Å². The van der Waals surface area contributed by atoms with Gasteiger partial charge in [0.15, 0.2) is 0 Å². The van der Waals surface area contributed by atoms with Crippen LogP contribution in [-0.2, 0) is 0 Å². The molecule has 0 aromatic heterocycles. The minimum absolute atomic E-state index is 0.208. The first-order valence-corrected chi connectivity index (χ1v) is 2.49. The Labute approximate surface area is 53.4 Å². The van der Waals surface area contributed by atoms with E-state index in [9.17, 15) is 0 Å². The van der Waals surface area contributed by atoms with Gasteiger partial charge in [-0.25, -0.2) is 0 Å². The van der Waals surface area contributed by atoms with Crippen LogP contribution < -0.4 is 0 Å². The van der Waals surface area contributed by atoms with Crippen molar-refractivity contribution in [1.82, 2.24) is 0 Å². The van der Waals surface area contributed by atoms with Crippen LogP contribution in [0.15, 0.2) is 17.8 Å². The molecule has 1 atom stereocenters. The summed E-state index contributed by atoms with van der Waals surface area (Å²) < 4.78 is 0. The van der Waals surface area contributed by atoms with Gasteiger partial charge >= 0.3 is 0 Å². The number of hydrogen-bond donors (Lipinski definition) is 1. The molecule has 1 N–H and O–H groups in total. The quantitative estimate of drug-likeness (QED) is 0.263. The SMILES string of the molecule is C=CC(C)(CO)N=[N+]=[N-]. The summed E-state index contributed by atoms with van der Waals surface area (Å²) in [6.07, 6.45) is 1.41. The highest BCUT2D eigenvalue weighted by Gasteiger charge is 2.15. The van der Waals surface area contributed by atoms with E-state index in [1.807, 2.05) is 0 Å². The molecule has 1 unspecified atom stereocenters. The highest BCUT2D eigenvalue weighted by atomic mass is 16.3. The van der Waals surface area contributed by atoms with Crippen LogP contribution in [0.25, 0.3) is 10.4 Å². The van der Waals surface area contributed by atoms with Crippen LogP contribution in [0.5, 0.6) is 0 Å². The van der Waals surface area contributed by atoms with Crippen LogP contribution in [0, 0.1) is 0 Å². The Bertz CT molecular complexity index is 150. The summed E-state index contributed by atoms with van der Waals surface area (Å²) in [5.41, 5.74) is 7.12. The fourth-order valence-electron chi connectivity index (χ4n) is 0.239. The first-order valence-electron chi connectivity index (χ1n) is 2.49. The van der Waals surface area contributed by atoms with Crippen molar-refractivity contribution in [3.8, 4) is 0 Å². The van der Waals surface area contributed by atoms with Gasteiger partial charge in [-0.05, 0) is 12.5 Å². The van der Waals surface area contributed by atoms with E-state index < -0.39 is 5.54 Å². The van der Waals surface area contributed by atoms with Crippen molar-refractivity contribution in [2.24, 2.45) is 5.11 Å². The number of nitrogens with zero attached hydrogens (tertiary/aromatic N) is 3. The Morgan fingerprint density at radius 1 is 2.00 bits per heavy atom. The first-order chi connectivity index (χ1) is 4.18. The molecule has 9 heavy (non-hydrogen) atoms. The van der Waals surface area contributed by atoms with Gasteiger partial charge in [-0.1, -0.05) is 11.2 Å². The number of aliphatic hydroxyl groups excluding tert-OH is 1. The molecule has 0 aliphatic heterocycles. The van der Waals surface area contributed by atoms with Gasteiger partial charge < -0.3 is 5.11 Å². The second-order valence-electron chi connectivity index (χ2n) is 1.91. The van der Waals surface area contributed by atoms with Crippen molar-refractivity contribution < 1.29 is 5.11 Å². The lowest BCUT2D eigenvalue weighted by Gasteiger charge is -2.13. The van der Waals surface area contributed by atoms with Gasteiger partial charge in [0.25, 0.3) is 0 Å². The first kappa shape index (κ1) is 8.01. The summed E-state index contributed by atoms with van der Waals surface area (Å²) in [6, 6.07) is 0. The third-order valence-corrected chi connectivity index (χ3v) is 1.03. The minimum Gasteiger partial charge on any atom is -0.395 e. The molecule has 0 saturated heterocycles. The summed E-state index contributed by atoms with van der Waals surface area (Å²) >= 11 is 0. The van der Waals surface area contributed by atoms with Gasteiger partial charge in [-0.2, -0.15) is 0 Å². The van der Waals surface area contributed by atoms with Crippen molar-refractivity contribution in [3.63, 3.8) is 0 Å². The normalized spacial score (nSPS) is 15.3. The molecular formula is C5H9N3O. The molecule has 0 aromatic rings. The van der Waals surface area contributed by atoms with Crippen LogP contribution in [0.1, 0.15) is 6.92 Å². The molecule has 0 aromatic carbocycles. The Morgan fingerprint density at radius 2 is 2.56 bits per heavy atom. The largest absolute Gasteiger partial charge is 0.395 e. The molecule has 0 radical (unpaired) electrons. The number of azide groups is 1. The highest BCUT2D eigenvalue weighted by Crippen LogP contribution is 2.09. The van der Waals surface area contributed by atoms with Crippen LogP contribution in [0.2, 0.25) is 0 Å². The molecule has 0 aliphatic carbocycles. The van der Waals surface area contributed by atoms with Gasteiger partial charge in [-0.3, -0.25) is 0 Å². The highest BCUT2D eigenvalue weighted by molar-refractivity contribution is 4.99. The van der Waals surface area contributed by atoms with Crippen molar-refractivity contribution >= 4 is 0 Å². The lowest BCUT2D eigenvalue weighted by atomic mass is 10.1. The molecule has 0 fully saturated rings. The second kappa shape index (κ2) is 3.12. The third kappa shape index (κ3) is 2.17. The predicted molar refractivity (Wildman–Crippen MR) is 34.8 cm³/mol. The Morgan fingerprint density at radius 3 is 2.67 bits per heavy atom. The molecule has 0 spiro atoms. The van der Waals surface area contributed by atoms with E-state index in [4.69, 9.17) is 10.6 Å². The van der Waals surface area contributed by atoms with Crippen LogP contribution in [-0.4, -0.2) is 17.3 Å². The summed E-state index contributed by atoms with van der Waals surface area (Å²) in [5.74, 6) is 0. The molecule has 4 heteroatoms. The second-order valence-corrected chi connectivity index (χ2v) is 1.91. The molecule has 0 amide bonds. The van der Waals surface area contributed by atoms with Gasteiger partial charge in [0.05, 0.1) is 12.1 Å². The smallest absolute Gasteiger partial charge is 0.0867 e. The van der Waals surface area contributed by atoms with Crippen molar-refractivity contribution in [2.45, 2.75) is 12.5 Å². The molecule has 0 bridgehead atoms. The zero-order valence-electron chi connectivity index (χ0n) is 5.28. The molecule has 0 aliphatic rings. The summed E-state index contributed by atoms with van der Waals surface area (Å²) in [5, 5.41) is 11.9. The van der Waals surface area contributed by atoms with Crippen molar-refractivity contribution in [2.75, 3.05) is 6.61 Å². The molecule has 0 rings (SSSR count). The van der Waals surface area contributed by atoms with Crippen molar-refractivity contribution in [1.29, 1.82) is 0 Å². The summed E-state index contributed by atoms with van der Waals surface area (Å²) in [4.78, 5) is 2.54. The fourth-order valence-corrected chi connectivity index (χ4v) is 0.239. The van der Waals surface area contributed by atoms with E-state index in [-0.39, 0.29) is 6.61 Å². The average molecular weight is 127 g/mol. The lowest BCUT2D eigenvalue weighted by Crippen LogP contribution is -2.22. The number of aliphatic hydroxyl groups is 1. The summed E-state index contributed by atoms with van der Waals surface area (Å²) in [7, 11) is 0. The third-order valence-electron chi connectivity index (χ3n) is 1.03. The van der Waals surface area contributed by atoms with Gasteiger partial charge in [0.2, 0.25) is 0 Å². The maximum absolute atomic E-state index is 8.58. The van der Waals surface area contributed by atoms with E-state index in [0.717, 1.165) is 0 Å². The maximum Gasteiger partial charge on any atom is 0.0867 e. The zero-order chi connectivity index (χ0) is 7.33. The maximum atomic E-state index is 8.58. The van der Waals surface area contributed by atoms with Crippen molar-refractivity contribution in [3.05, 3.63) is 23.1 Å². The predicted octanol–water partition coefficient (Wildman–Crippen LogP) is 1.23. The van der Waals surface area contributed by atoms with Gasteiger partial charge in [0, 0.05) is 4.91 Å². The van der Waals surface area contributed by atoms with E-state index in [1.54, 1.807) is 6.92 Å². The monoisotopic (exact) mass is 127 g/mol. The fraction of sp³-hybridized carbons (Fsp3) is 0.600. The number of hydrogen-bond acceptors (Lipinski definition) is 2. The van der Waals surface area contributed by atoms with E-state index >= 15 is 0 Å². The van der Waals surface area contributed by atoms with Crippen LogP contribution in [0.4, 0.5) is 0 Å². The van der Waals surface area contributed by atoms with Gasteiger partial charge in [0.1, 0.15) is 0 Å². The molecule has 0 heterocycles. The Kier molecular flexibility index (Phi) is 2.78. The standard InChI is InChI=1S/C5H9N3O/c1-3-5(2,4-9)7-8-6/h3,9H,1,4H2,2H3. The average Bonchev–Trinajstić information content (AvgIpc) is 1.89. The Hall–Kier alpha value is -0.990. The van der Waals surface area contributed by atoms with Crippen LogP contribution in [0.3, 0.4) is 0 Å². The zero-order valence-corrected chi connectivity index (χ0v) is 5.28. The topological polar surface area (TPSA) is 69.0 Å². The number of rotatable bonds is 3. The Balaban J connectivity index is 4.26. The van der Waals surface area contributed by atoms with E-state index in [0.29, 0.717) is 0 Å². The lowest BCUT2D eigenvalue weighted by molar-refractivity contribution is 0.238. The summed E-state index contributed by atoms with van der Waals surface area (Å²) in [6.45, 7) is 4.79. The molecule has 50 valence electrons. The van der Waals surface area contributed by atoms with Gasteiger partial charge in [-0.15, -0.1) is 6.58 Å².